The van der Waals surface area contributed by atoms with Crippen molar-refractivity contribution < 1.29 is 23.1 Å². The normalized spacial score (nSPS) is 13.8. The van der Waals surface area contributed by atoms with E-state index in [1.807, 2.05) is 6.92 Å². The Bertz CT molecular complexity index is 825. The van der Waals surface area contributed by atoms with Crippen LogP contribution in [-0.4, -0.2) is 28.6 Å². The molecule has 0 fully saturated rings. The van der Waals surface area contributed by atoms with Gasteiger partial charge in [-0.15, -0.1) is 0 Å². The number of nitrogen functional groups attached to an aromatic ring is 1. The summed E-state index contributed by atoms with van der Waals surface area (Å²) in [6.45, 7) is 2.03. The summed E-state index contributed by atoms with van der Waals surface area (Å²) >= 11 is 0. The zero-order valence-electron chi connectivity index (χ0n) is 16.0. The third kappa shape index (κ3) is 7.35. The van der Waals surface area contributed by atoms with Gasteiger partial charge in [0.1, 0.15) is 5.82 Å². The lowest BCUT2D eigenvalue weighted by Crippen LogP contribution is -2.32. The van der Waals surface area contributed by atoms with Crippen LogP contribution in [0.5, 0.6) is 0 Å². The second kappa shape index (κ2) is 9.71. The summed E-state index contributed by atoms with van der Waals surface area (Å²) in [6.07, 6.45) is -3.37. The van der Waals surface area contributed by atoms with Crippen molar-refractivity contribution in [3.05, 3.63) is 58.8 Å². The topological polar surface area (TPSA) is 114 Å². The highest BCUT2D eigenvalue weighted by atomic mass is 19.4. The number of hydrogen-bond donors (Lipinski definition) is 4. The number of carbonyl (C=O) groups excluding carboxylic acids is 1. The Balaban J connectivity index is 2.03. The molecule has 1 amide bonds. The second-order valence-corrected chi connectivity index (χ2v) is 7.05. The highest BCUT2D eigenvalue weighted by Gasteiger charge is 2.31. The average molecular weight is 410 g/mol. The maximum absolute atomic E-state index is 13.2. The zero-order valence-corrected chi connectivity index (χ0v) is 16.0. The molecule has 158 valence electrons. The molecular formula is C20H25F3N4O2. The Morgan fingerprint density at radius 3 is 2.52 bits per heavy atom. The number of rotatable bonds is 9. The van der Waals surface area contributed by atoms with Crippen molar-refractivity contribution in [3.63, 3.8) is 0 Å². The standard InChI is InChI=1S/C20H25F3N4O2/c1-12(26-11-17(28)15-3-4-18(24)27-10-15)6-14-7-13(2-5-19(25)29)8-16(9-14)20(21,22)23/h3-4,7-10,12,17,26,28H,2,5-6,11H2,1H3,(H2,24,27)(H2,25,29)/t12?,17-/m0/s1. The molecule has 1 aromatic heterocycles. The van der Waals surface area contributed by atoms with Crippen LogP contribution in [0.25, 0.3) is 0 Å². The number of benzene rings is 1. The summed E-state index contributed by atoms with van der Waals surface area (Å²) < 4.78 is 39.6. The molecular weight excluding hydrogens is 385 g/mol. The van der Waals surface area contributed by atoms with Crippen LogP contribution < -0.4 is 16.8 Å². The van der Waals surface area contributed by atoms with Crippen molar-refractivity contribution in [1.29, 1.82) is 0 Å². The summed E-state index contributed by atoms with van der Waals surface area (Å²) in [4.78, 5) is 14.9. The van der Waals surface area contributed by atoms with E-state index in [1.54, 1.807) is 18.2 Å². The number of aryl methyl sites for hydroxylation is 1. The smallest absolute Gasteiger partial charge is 0.387 e. The summed E-state index contributed by atoms with van der Waals surface area (Å²) in [5, 5.41) is 13.3. The highest BCUT2D eigenvalue weighted by molar-refractivity contribution is 5.74. The maximum atomic E-state index is 13.2. The minimum absolute atomic E-state index is 0.0175. The Morgan fingerprint density at radius 1 is 1.24 bits per heavy atom. The number of aliphatic hydroxyl groups is 1. The van der Waals surface area contributed by atoms with Crippen molar-refractivity contribution in [2.45, 2.75) is 44.5 Å². The van der Waals surface area contributed by atoms with Gasteiger partial charge in [-0.05, 0) is 49.1 Å². The van der Waals surface area contributed by atoms with Gasteiger partial charge in [-0.25, -0.2) is 4.98 Å². The number of halogens is 3. The molecule has 1 heterocycles. The van der Waals surface area contributed by atoms with Crippen LogP contribution in [0.4, 0.5) is 19.0 Å². The number of amides is 1. The summed E-state index contributed by atoms with van der Waals surface area (Å²) in [6, 6.07) is 6.85. The SMILES string of the molecule is CC(Cc1cc(CCC(N)=O)cc(C(F)(F)F)c1)NC[C@H](O)c1ccc(N)nc1. The Morgan fingerprint density at radius 2 is 1.93 bits per heavy atom. The third-order valence-corrected chi connectivity index (χ3v) is 4.44. The number of primary amides is 1. The van der Waals surface area contributed by atoms with Gasteiger partial charge >= 0.3 is 6.18 Å². The van der Waals surface area contributed by atoms with Crippen LogP contribution in [0, 0.1) is 0 Å². The summed E-state index contributed by atoms with van der Waals surface area (Å²) in [5.74, 6) is -0.218. The molecule has 2 aromatic rings. The molecule has 1 unspecified atom stereocenters. The average Bonchev–Trinajstić information content (AvgIpc) is 2.64. The fourth-order valence-electron chi connectivity index (χ4n) is 2.93. The number of anilines is 1. The van der Waals surface area contributed by atoms with Crippen molar-refractivity contribution in [2.24, 2.45) is 5.73 Å². The maximum Gasteiger partial charge on any atom is 0.416 e. The molecule has 0 aliphatic rings. The molecule has 1 aromatic carbocycles. The molecule has 0 saturated carbocycles. The number of hydrogen-bond acceptors (Lipinski definition) is 5. The van der Waals surface area contributed by atoms with Gasteiger partial charge in [-0.3, -0.25) is 4.79 Å². The van der Waals surface area contributed by atoms with E-state index in [0.717, 1.165) is 12.1 Å². The fraction of sp³-hybridized carbons (Fsp3) is 0.400. The Hall–Kier alpha value is -2.65. The number of pyridine rings is 1. The van der Waals surface area contributed by atoms with Crippen LogP contribution in [0.15, 0.2) is 36.5 Å². The molecule has 0 spiro atoms. The molecule has 2 atom stereocenters. The first kappa shape index (κ1) is 22.6. The lowest BCUT2D eigenvalue weighted by atomic mass is 9.98. The zero-order chi connectivity index (χ0) is 21.6. The molecule has 0 aliphatic heterocycles. The van der Waals surface area contributed by atoms with E-state index in [0.29, 0.717) is 28.9 Å². The third-order valence-electron chi connectivity index (χ3n) is 4.44. The molecule has 6 N–H and O–H groups in total. The number of alkyl halides is 3. The minimum Gasteiger partial charge on any atom is -0.387 e. The highest BCUT2D eigenvalue weighted by Crippen LogP contribution is 2.31. The van der Waals surface area contributed by atoms with Crippen LogP contribution in [-0.2, 0) is 23.8 Å². The molecule has 9 heteroatoms. The van der Waals surface area contributed by atoms with E-state index in [1.165, 1.54) is 6.20 Å². The summed E-state index contributed by atoms with van der Waals surface area (Å²) in [7, 11) is 0. The number of carbonyl (C=O) groups is 1. The van der Waals surface area contributed by atoms with E-state index in [2.05, 4.69) is 10.3 Å². The molecule has 6 nitrogen and oxygen atoms in total. The van der Waals surface area contributed by atoms with Crippen LogP contribution in [0.3, 0.4) is 0 Å². The lowest BCUT2D eigenvalue weighted by molar-refractivity contribution is -0.137. The number of nitrogens with zero attached hydrogens (tertiary/aromatic N) is 1. The van der Waals surface area contributed by atoms with Gasteiger partial charge in [0.15, 0.2) is 0 Å². The van der Waals surface area contributed by atoms with Crippen LogP contribution >= 0.6 is 0 Å². The fourth-order valence-corrected chi connectivity index (χ4v) is 2.93. The van der Waals surface area contributed by atoms with E-state index < -0.39 is 23.8 Å². The van der Waals surface area contributed by atoms with Crippen molar-refractivity contribution in [1.82, 2.24) is 10.3 Å². The molecule has 29 heavy (non-hydrogen) atoms. The largest absolute Gasteiger partial charge is 0.416 e. The van der Waals surface area contributed by atoms with Crippen LogP contribution in [0.1, 0.15) is 41.7 Å². The Kier molecular flexibility index (Phi) is 7.58. The van der Waals surface area contributed by atoms with Gasteiger partial charge < -0.3 is 21.9 Å². The summed E-state index contributed by atoms with van der Waals surface area (Å²) in [5.41, 5.74) is 11.3. The van der Waals surface area contributed by atoms with Gasteiger partial charge in [0.2, 0.25) is 5.91 Å². The van der Waals surface area contributed by atoms with E-state index in [9.17, 15) is 23.1 Å². The van der Waals surface area contributed by atoms with E-state index in [4.69, 9.17) is 11.5 Å². The molecule has 0 saturated heterocycles. The first-order valence-corrected chi connectivity index (χ1v) is 9.16. The Labute approximate surface area is 167 Å². The van der Waals surface area contributed by atoms with Gasteiger partial charge in [0, 0.05) is 30.8 Å². The molecule has 2 rings (SSSR count). The number of nitrogens with one attached hydrogen (secondary N) is 1. The predicted molar refractivity (Wildman–Crippen MR) is 104 cm³/mol. The van der Waals surface area contributed by atoms with E-state index in [-0.39, 0.29) is 25.4 Å². The van der Waals surface area contributed by atoms with Crippen molar-refractivity contribution >= 4 is 11.7 Å². The monoisotopic (exact) mass is 410 g/mol. The predicted octanol–water partition coefficient (Wildman–Crippen LogP) is 2.35. The quantitative estimate of drug-likeness (QED) is 0.507. The second-order valence-electron chi connectivity index (χ2n) is 7.05. The lowest BCUT2D eigenvalue weighted by Gasteiger charge is -2.19. The van der Waals surface area contributed by atoms with Crippen LogP contribution in [0.2, 0.25) is 0 Å². The van der Waals surface area contributed by atoms with Gasteiger partial charge in [-0.2, -0.15) is 13.2 Å². The molecule has 0 aliphatic carbocycles. The van der Waals surface area contributed by atoms with Gasteiger partial charge in [0.25, 0.3) is 0 Å². The van der Waals surface area contributed by atoms with Gasteiger partial charge in [0.05, 0.1) is 11.7 Å². The van der Waals surface area contributed by atoms with Crippen molar-refractivity contribution in [2.75, 3.05) is 12.3 Å². The van der Waals surface area contributed by atoms with Crippen molar-refractivity contribution in [3.8, 4) is 0 Å². The number of aromatic nitrogens is 1. The molecule has 0 radical (unpaired) electrons. The van der Waals surface area contributed by atoms with Gasteiger partial charge in [-0.1, -0.05) is 12.1 Å². The number of nitrogens with two attached hydrogens (primary N) is 2. The van der Waals surface area contributed by atoms with E-state index >= 15 is 0 Å². The minimum atomic E-state index is -4.48. The molecule has 0 bridgehead atoms. The first-order chi connectivity index (χ1) is 13.5. The number of aliphatic hydroxyl groups excluding tert-OH is 1. The first-order valence-electron chi connectivity index (χ1n) is 9.16.